The molecule has 31 heavy (non-hydrogen) atoms. The first kappa shape index (κ1) is 20.8. The van der Waals surface area contributed by atoms with E-state index in [0.717, 1.165) is 67.1 Å². The summed E-state index contributed by atoms with van der Waals surface area (Å²) in [5.74, 6) is 3.31. The summed E-state index contributed by atoms with van der Waals surface area (Å²) < 4.78 is 12.8. The minimum absolute atomic E-state index is 0.303. The van der Waals surface area contributed by atoms with E-state index in [9.17, 15) is 0 Å². The number of benzene rings is 1. The first-order valence-electron chi connectivity index (χ1n) is 10.4. The third kappa shape index (κ3) is 4.82. The number of guanidine groups is 1. The molecule has 1 aromatic carbocycles. The fraction of sp³-hybridized carbons (Fsp3) is 0.409. The molecule has 9 nitrogen and oxygen atoms in total. The van der Waals surface area contributed by atoms with E-state index < -0.39 is 0 Å². The summed E-state index contributed by atoms with van der Waals surface area (Å²) >= 11 is 0. The number of pyridine rings is 1. The highest BCUT2D eigenvalue weighted by Gasteiger charge is 2.24. The van der Waals surface area contributed by atoms with Gasteiger partial charge in [-0.05, 0) is 18.6 Å². The first-order chi connectivity index (χ1) is 15.2. The fourth-order valence-corrected chi connectivity index (χ4v) is 3.83. The van der Waals surface area contributed by atoms with Gasteiger partial charge in [0.05, 0.1) is 14.2 Å². The van der Waals surface area contributed by atoms with Gasteiger partial charge in [-0.3, -0.25) is 9.39 Å². The molecule has 0 radical (unpaired) electrons. The molecular weight excluding hydrogens is 394 g/mol. The molecule has 164 valence electrons. The molecule has 1 aliphatic rings. The Balaban J connectivity index is 1.30. The van der Waals surface area contributed by atoms with E-state index in [0.29, 0.717) is 6.04 Å². The van der Waals surface area contributed by atoms with Crippen molar-refractivity contribution in [3.05, 3.63) is 48.4 Å². The number of rotatable bonds is 7. The summed E-state index contributed by atoms with van der Waals surface area (Å²) in [5.41, 5.74) is 1.96. The average Bonchev–Trinajstić information content (AvgIpc) is 3.45. The highest BCUT2D eigenvalue weighted by molar-refractivity contribution is 5.80. The predicted molar refractivity (Wildman–Crippen MR) is 121 cm³/mol. The van der Waals surface area contributed by atoms with E-state index in [-0.39, 0.29) is 0 Å². The Labute approximate surface area is 182 Å². The SMILES string of the molecule is CN=C(NCCc1nnc2ccccn12)NC1CCN(c2cc(OC)cc(OC)c2)C1. The van der Waals surface area contributed by atoms with Gasteiger partial charge in [0.25, 0.3) is 0 Å². The molecule has 0 aliphatic carbocycles. The second-order valence-corrected chi connectivity index (χ2v) is 7.44. The Morgan fingerprint density at radius 1 is 1.16 bits per heavy atom. The quantitative estimate of drug-likeness (QED) is 0.442. The van der Waals surface area contributed by atoms with E-state index in [1.807, 2.05) is 47.0 Å². The molecule has 3 aromatic rings. The summed E-state index contributed by atoms with van der Waals surface area (Å²) in [5, 5.41) is 15.4. The number of ether oxygens (including phenoxy) is 2. The van der Waals surface area contributed by atoms with Crippen LogP contribution in [0.4, 0.5) is 5.69 Å². The van der Waals surface area contributed by atoms with Gasteiger partial charge in [0.15, 0.2) is 11.6 Å². The minimum atomic E-state index is 0.303. The maximum absolute atomic E-state index is 5.40. The molecule has 1 saturated heterocycles. The van der Waals surface area contributed by atoms with E-state index in [1.165, 1.54) is 0 Å². The monoisotopic (exact) mass is 423 g/mol. The maximum Gasteiger partial charge on any atom is 0.191 e. The van der Waals surface area contributed by atoms with Crippen molar-refractivity contribution in [2.24, 2.45) is 4.99 Å². The molecule has 0 amide bonds. The number of anilines is 1. The molecule has 1 fully saturated rings. The molecule has 4 rings (SSSR count). The number of nitrogens with zero attached hydrogens (tertiary/aromatic N) is 5. The van der Waals surface area contributed by atoms with Crippen LogP contribution in [0.3, 0.4) is 0 Å². The topological polar surface area (TPSA) is 88.3 Å². The Bertz CT molecular complexity index is 1030. The molecule has 1 unspecified atom stereocenters. The molecule has 0 saturated carbocycles. The molecular formula is C22H29N7O2. The van der Waals surface area contributed by atoms with Crippen LogP contribution in [0.5, 0.6) is 11.5 Å². The van der Waals surface area contributed by atoms with E-state index in [1.54, 1.807) is 21.3 Å². The predicted octanol–water partition coefficient (Wildman–Crippen LogP) is 1.73. The van der Waals surface area contributed by atoms with Crippen LogP contribution >= 0.6 is 0 Å². The Hall–Kier alpha value is -3.49. The summed E-state index contributed by atoms with van der Waals surface area (Å²) in [4.78, 5) is 6.71. The Morgan fingerprint density at radius 3 is 2.71 bits per heavy atom. The van der Waals surface area contributed by atoms with Crippen LogP contribution in [0.2, 0.25) is 0 Å². The second-order valence-electron chi connectivity index (χ2n) is 7.44. The minimum Gasteiger partial charge on any atom is -0.497 e. The Morgan fingerprint density at radius 2 is 1.97 bits per heavy atom. The first-order valence-corrected chi connectivity index (χ1v) is 10.4. The average molecular weight is 424 g/mol. The van der Waals surface area contributed by atoms with Crippen LogP contribution in [-0.4, -0.2) is 67.5 Å². The van der Waals surface area contributed by atoms with Crippen molar-refractivity contribution in [3.63, 3.8) is 0 Å². The van der Waals surface area contributed by atoms with Gasteiger partial charge in [-0.2, -0.15) is 0 Å². The van der Waals surface area contributed by atoms with Crippen LogP contribution in [0, 0.1) is 0 Å². The number of hydrogen-bond donors (Lipinski definition) is 2. The lowest BCUT2D eigenvalue weighted by molar-refractivity contribution is 0.394. The Kier molecular flexibility index (Phi) is 6.40. The highest BCUT2D eigenvalue weighted by Crippen LogP contribution is 2.30. The summed E-state index contributed by atoms with van der Waals surface area (Å²) in [7, 11) is 5.14. The zero-order chi connectivity index (χ0) is 21.6. The smallest absolute Gasteiger partial charge is 0.191 e. The summed E-state index contributed by atoms with van der Waals surface area (Å²) in [6.07, 6.45) is 3.76. The van der Waals surface area contributed by atoms with Gasteiger partial charge >= 0.3 is 0 Å². The largest absolute Gasteiger partial charge is 0.497 e. The van der Waals surface area contributed by atoms with Crippen molar-refractivity contribution < 1.29 is 9.47 Å². The van der Waals surface area contributed by atoms with Crippen molar-refractivity contribution in [1.82, 2.24) is 25.2 Å². The molecule has 2 N–H and O–H groups in total. The number of hydrogen-bond acceptors (Lipinski definition) is 6. The number of fused-ring (bicyclic) bond motifs is 1. The van der Waals surface area contributed by atoms with Crippen LogP contribution in [0.15, 0.2) is 47.6 Å². The molecule has 1 atom stereocenters. The van der Waals surface area contributed by atoms with Crippen molar-refractivity contribution in [2.75, 3.05) is 45.8 Å². The third-order valence-corrected chi connectivity index (χ3v) is 5.48. The normalized spacial score (nSPS) is 16.5. The van der Waals surface area contributed by atoms with Gasteiger partial charge in [-0.1, -0.05) is 6.07 Å². The van der Waals surface area contributed by atoms with Gasteiger partial charge in [0.2, 0.25) is 0 Å². The standard InChI is InChI=1S/C22H29N7O2/c1-23-22(24-9-7-21-27-26-20-6-4-5-10-29(20)21)25-16-8-11-28(15-16)17-12-18(30-2)14-19(13-17)31-3/h4-6,10,12-14,16H,7-9,11,15H2,1-3H3,(H2,23,24,25). The fourth-order valence-electron chi connectivity index (χ4n) is 3.83. The molecule has 0 spiro atoms. The van der Waals surface area contributed by atoms with Crippen LogP contribution in [-0.2, 0) is 6.42 Å². The van der Waals surface area contributed by atoms with Gasteiger partial charge < -0.3 is 25.0 Å². The number of aromatic nitrogens is 3. The maximum atomic E-state index is 5.40. The van der Waals surface area contributed by atoms with Crippen molar-refractivity contribution in [3.8, 4) is 11.5 Å². The van der Waals surface area contributed by atoms with Crippen molar-refractivity contribution in [1.29, 1.82) is 0 Å². The number of nitrogens with one attached hydrogen (secondary N) is 2. The molecule has 2 aromatic heterocycles. The molecule has 3 heterocycles. The number of methoxy groups -OCH3 is 2. The zero-order valence-electron chi connectivity index (χ0n) is 18.2. The van der Waals surface area contributed by atoms with Gasteiger partial charge in [0.1, 0.15) is 17.3 Å². The van der Waals surface area contributed by atoms with Gasteiger partial charge in [0, 0.05) is 69.2 Å². The number of aliphatic imine (C=N–C) groups is 1. The molecule has 1 aliphatic heterocycles. The van der Waals surface area contributed by atoms with Crippen LogP contribution in [0.25, 0.3) is 5.65 Å². The molecule has 0 bridgehead atoms. The van der Waals surface area contributed by atoms with Crippen molar-refractivity contribution >= 4 is 17.3 Å². The molecule has 9 heteroatoms. The summed E-state index contributed by atoms with van der Waals surface area (Å²) in [6, 6.07) is 12.2. The zero-order valence-corrected chi connectivity index (χ0v) is 18.2. The van der Waals surface area contributed by atoms with E-state index >= 15 is 0 Å². The van der Waals surface area contributed by atoms with E-state index in [4.69, 9.17) is 9.47 Å². The van der Waals surface area contributed by atoms with Crippen LogP contribution < -0.4 is 25.0 Å². The third-order valence-electron chi connectivity index (χ3n) is 5.48. The van der Waals surface area contributed by atoms with Gasteiger partial charge in [-0.25, -0.2) is 0 Å². The van der Waals surface area contributed by atoms with Crippen LogP contribution in [0.1, 0.15) is 12.2 Å². The highest BCUT2D eigenvalue weighted by atomic mass is 16.5. The second kappa shape index (κ2) is 9.55. The van der Waals surface area contributed by atoms with Crippen molar-refractivity contribution in [2.45, 2.75) is 18.9 Å². The van der Waals surface area contributed by atoms with E-state index in [2.05, 4.69) is 30.7 Å². The lowest BCUT2D eigenvalue weighted by atomic mass is 10.2. The lowest BCUT2D eigenvalue weighted by Gasteiger charge is -2.21. The van der Waals surface area contributed by atoms with Gasteiger partial charge in [-0.15, -0.1) is 10.2 Å². The lowest BCUT2D eigenvalue weighted by Crippen LogP contribution is -2.45. The summed E-state index contributed by atoms with van der Waals surface area (Å²) in [6.45, 7) is 2.56.